The summed E-state index contributed by atoms with van der Waals surface area (Å²) in [5.74, 6) is 1.34. The molecule has 1 aromatic heterocycles. The van der Waals surface area contributed by atoms with Crippen molar-refractivity contribution in [2.45, 2.75) is 38.5 Å². The molecule has 0 aliphatic carbocycles. The van der Waals surface area contributed by atoms with Gasteiger partial charge in [0.05, 0.1) is 10.8 Å². The molecule has 0 bridgehead atoms. The Morgan fingerprint density at radius 2 is 2.24 bits per heavy atom. The van der Waals surface area contributed by atoms with Gasteiger partial charge in [-0.15, -0.1) is 11.6 Å². The first-order valence-corrected chi connectivity index (χ1v) is 7.93. The van der Waals surface area contributed by atoms with E-state index in [0.29, 0.717) is 11.0 Å². The normalized spacial score (nSPS) is 21.6. The van der Waals surface area contributed by atoms with Gasteiger partial charge in [0.2, 0.25) is 0 Å². The number of aromatic nitrogens is 1. The van der Waals surface area contributed by atoms with Crippen LogP contribution in [0.3, 0.4) is 0 Å². The number of alkyl halides is 1. The van der Waals surface area contributed by atoms with Crippen LogP contribution in [0, 0.1) is 5.92 Å². The van der Waals surface area contributed by atoms with Gasteiger partial charge in [0.1, 0.15) is 5.15 Å². The van der Waals surface area contributed by atoms with Gasteiger partial charge in [0, 0.05) is 13.1 Å². The third-order valence-corrected chi connectivity index (χ3v) is 5.42. The number of hydrogen-bond acceptors (Lipinski definition) is 3. The lowest BCUT2D eigenvalue weighted by molar-refractivity contribution is 0.459. The molecule has 2 heterocycles. The summed E-state index contributed by atoms with van der Waals surface area (Å²) in [6.07, 6.45) is 5.16. The summed E-state index contributed by atoms with van der Waals surface area (Å²) in [6, 6.07) is 0. The SMILES string of the molecule is CCC1CCCN(c2nc(Cl)c(CCl)s2)CC1. The summed E-state index contributed by atoms with van der Waals surface area (Å²) < 4.78 is 0. The predicted molar refractivity (Wildman–Crippen MR) is 76.5 cm³/mol. The molecule has 0 amide bonds. The van der Waals surface area contributed by atoms with E-state index in [9.17, 15) is 0 Å². The molecule has 1 aromatic rings. The first-order valence-electron chi connectivity index (χ1n) is 6.20. The Balaban J connectivity index is 2.06. The summed E-state index contributed by atoms with van der Waals surface area (Å²) in [4.78, 5) is 7.77. The smallest absolute Gasteiger partial charge is 0.187 e. The van der Waals surface area contributed by atoms with Gasteiger partial charge in [-0.1, -0.05) is 36.3 Å². The Morgan fingerprint density at radius 3 is 2.88 bits per heavy atom. The molecule has 1 aliphatic heterocycles. The van der Waals surface area contributed by atoms with Crippen LogP contribution in [0.25, 0.3) is 0 Å². The lowest BCUT2D eigenvalue weighted by atomic mass is 9.98. The maximum Gasteiger partial charge on any atom is 0.187 e. The molecule has 5 heteroatoms. The average Bonchev–Trinajstić information content (AvgIpc) is 2.58. The van der Waals surface area contributed by atoms with Gasteiger partial charge < -0.3 is 4.90 Å². The molecule has 1 fully saturated rings. The van der Waals surface area contributed by atoms with Crippen LogP contribution in [0.1, 0.15) is 37.5 Å². The molecule has 0 radical (unpaired) electrons. The second kappa shape index (κ2) is 6.26. The van der Waals surface area contributed by atoms with Crippen LogP contribution >= 0.6 is 34.5 Å². The van der Waals surface area contributed by atoms with E-state index in [1.54, 1.807) is 11.3 Å². The minimum absolute atomic E-state index is 0.460. The first kappa shape index (κ1) is 13.4. The van der Waals surface area contributed by atoms with E-state index < -0.39 is 0 Å². The Kier molecular flexibility index (Phi) is 4.95. The van der Waals surface area contributed by atoms with E-state index in [2.05, 4.69) is 16.8 Å². The lowest BCUT2D eigenvalue weighted by Crippen LogP contribution is -2.23. The second-order valence-electron chi connectivity index (χ2n) is 4.54. The maximum absolute atomic E-state index is 6.05. The van der Waals surface area contributed by atoms with E-state index in [1.165, 1.54) is 25.7 Å². The number of rotatable bonds is 3. The largest absolute Gasteiger partial charge is 0.348 e. The molecule has 0 N–H and O–H groups in total. The highest BCUT2D eigenvalue weighted by Crippen LogP contribution is 2.32. The molecule has 2 nitrogen and oxygen atoms in total. The molecule has 96 valence electrons. The fourth-order valence-corrected chi connectivity index (χ4v) is 3.83. The zero-order chi connectivity index (χ0) is 12.3. The maximum atomic E-state index is 6.05. The van der Waals surface area contributed by atoms with E-state index in [1.807, 2.05) is 0 Å². The van der Waals surface area contributed by atoms with E-state index in [0.717, 1.165) is 29.0 Å². The first-order chi connectivity index (χ1) is 8.24. The highest BCUT2D eigenvalue weighted by atomic mass is 35.5. The summed E-state index contributed by atoms with van der Waals surface area (Å²) in [7, 11) is 0. The van der Waals surface area contributed by atoms with Crippen molar-refractivity contribution < 1.29 is 0 Å². The average molecular weight is 293 g/mol. The minimum atomic E-state index is 0.460. The highest BCUT2D eigenvalue weighted by molar-refractivity contribution is 7.16. The van der Waals surface area contributed by atoms with Crippen molar-refractivity contribution in [3.63, 3.8) is 0 Å². The Hall–Kier alpha value is 0.01000. The quantitative estimate of drug-likeness (QED) is 0.760. The zero-order valence-electron chi connectivity index (χ0n) is 10.1. The van der Waals surface area contributed by atoms with Crippen LogP contribution in [0.2, 0.25) is 5.15 Å². The molecule has 0 saturated carbocycles. The highest BCUT2D eigenvalue weighted by Gasteiger charge is 2.19. The van der Waals surface area contributed by atoms with Crippen molar-refractivity contribution in [3.8, 4) is 0 Å². The monoisotopic (exact) mass is 292 g/mol. The molecule has 1 atom stereocenters. The standard InChI is InChI=1S/C12H18Cl2N2S/c1-2-9-4-3-6-16(7-5-9)12-15-11(14)10(8-13)17-12/h9H,2-8H2,1H3. The van der Waals surface area contributed by atoms with Gasteiger partial charge in [-0.3, -0.25) is 0 Å². The molecule has 1 saturated heterocycles. The number of anilines is 1. The van der Waals surface area contributed by atoms with Gasteiger partial charge in [0.25, 0.3) is 0 Å². The van der Waals surface area contributed by atoms with Crippen LogP contribution in [-0.2, 0) is 5.88 Å². The van der Waals surface area contributed by atoms with Crippen LogP contribution in [0.4, 0.5) is 5.13 Å². The summed E-state index contributed by atoms with van der Waals surface area (Å²) in [5.41, 5.74) is 0. The van der Waals surface area contributed by atoms with Crippen molar-refractivity contribution in [3.05, 3.63) is 10.0 Å². The molecule has 17 heavy (non-hydrogen) atoms. The molecule has 1 aliphatic rings. The third-order valence-electron chi connectivity index (χ3n) is 3.46. The van der Waals surface area contributed by atoms with Gasteiger partial charge in [-0.2, -0.15) is 0 Å². The third kappa shape index (κ3) is 3.27. The number of hydrogen-bond donors (Lipinski definition) is 0. The second-order valence-corrected chi connectivity index (χ2v) is 6.22. The molecular formula is C12H18Cl2N2S. The van der Waals surface area contributed by atoms with Gasteiger partial charge in [-0.25, -0.2) is 4.98 Å². The molecule has 2 rings (SSSR count). The Labute approximate surface area is 117 Å². The van der Waals surface area contributed by atoms with Crippen molar-refractivity contribution in [1.82, 2.24) is 4.98 Å². The number of nitrogens with zero attached hydrogens (tertiary/aromatic N) is 2. The molecule has 1 unspecified atom stereocenters. The summed E-state index contributed by atoms with van der Waals surface area (Å²) in [6.45, 7) is 4.48. The molecular weight excluding hydrogens is 275 g/mol. The van der Waals surface area contributed by atoms with Crippen molar-refractivity contribution in [1.29, 1.82) is 0 Å². The van der Waals surface area contributed by atoms with E-state index in [-0.39, 0.29) is 0 Å². The topological polar surface area (TPSA) is 16.1 Å². The number of halogens is 2. The van der Waals surface area contributed by atoms with Crippen LogP contribution in [0.5, 0.6) is 0 Å². The fourth-order valence-electron chi connectivity index (χ4n) is 2.30. The van der Waals surface area contributed by atoms with Gasteiger partial charge in [0.15, 0.2) is 5.13 Å². The predicted octanol–water partition coefficient (Wildman–Crippen LogP) is 4.55. The zero-order valence-corrected chi connectivity index (χ0v) is 12.4. The van der Waals surface area contributed by atoms with Crippen molar-refractivity contribution >= 4 is 39.7 Å². The summed E-state index contributed by atoms with van der Waals surface area (Å²) in [5, 5.41) is 1.62. The molecule has 0 aromatic carbocycles. The van der Waals surface area contributed by atoms with Crippen LogP contribution < -0.4 is 4.90 Å². The van der Waals surface area contributed by atoms with Crippen molar-refractivity contribution in [2.24, 2.45) is 5.92 Å². The van der Waals surface area contributed by atoms with E-state index in [4.69, 9.17) is 23.2 Å². The lowest BCUT2D eigenvalue weighted by Gasteiger charge is -2.19. The molecule has 0 spiro atoms. The van der Waals surface area contributed by atoms with Crippen LogP contribution in [-0.4, -0.2) is 18.1 Å². The van der Waals surface area contributed by atoms with Crippen molar-refractivity contribution in [2.75, 3.05) is 18.0 Å². The minimum Gasteiger partial charge on any atom is -0.348 e. The Morgan fingerprint density at radius 1 is 1.41 bits per heavy atom. The van der Waals surface area contributed by atoms with Gasteiger partial charge in [-0.05, 0) is 25.2 Å². The number of thiazole rings is 1. The van der Waals surface area contributed by atoms with Gasteiger partial charge >= 0.3 is 0 Å². The Bertz CT molecular complexity index is 367. The summed E-state index contributed by atoms with van der Waals surface area (Å²) >= 11 is 13.5. The van der Waals surface area contributed by atoms with E-state index >= 15 is 0 Å². The van der Waals surface area contributed by atoms with Crippen LogP contribution in [0.15, 0.2) is 0 Å². The fraction of sp³-hybridized carbons (Fsp3) is 0.750.